The van der Waals surface area contributed by atoms with Gasteiger partial charge in [0.2, 0.25) is 0 Å². The predicted octanol–water partition coefficient (Wildman–Crippen LogP) is 4.98. The number of benzene rings is 1. The molecule has 0 bridgehead atoms. The summed E-state index contributed by atoms with van der Waals surface area (Å²) < 4.78 is 3.57. The van der Waals surface area contributed by atoms with E-state index in [0.29, 0.717) is 35.3 Å². The minimum Gasteiger partial charge on any atom is -0.392 e. The number of nitrogens with one attached hydrogen (secondary N) is 1. The third-order valence-electron chi connectivity index (χ3n) is 8.56. The van der Waals surface area contributed by atoms with Crippen molar-refractivity contribution in [2.45, 2.75) is 71.3 Å². The van der Waals surface area contributed by atoms with Gasteiger partial charge < -0.3 is 19.9 Å². The summed E-state index contributed by atoms with van der Waals surface area (Å²) in [5, 5.41) is 18.6. The number of aromatic nitrogens is 3. The molecule has 3 aromatic heterocycles. The van der Waals surface area contributed by atoms with E-state index in [0.717, 1.165) is 46.9 Å². The number of aliphatic hydroxyl groups is 1. The number of pyridine rings is 1. The highest BCUT2D eigenvalue weighted by molar-refractivity contribution is 7.14. The standard InChI is InChI=1S/C32H36N6O3S/c1-32(2,3)27-13-20-16-37(31(41)29(20)42-27)26-7-5-6-23(24(26)18-39)19-12-25(30(40)35(4)15-19)33-28-14-22-17-36(21-8-9-21)10-11-38(22)34-28/h5-7,12-15,21,39H,8-11,16-18H2,1-4H3,(H,33,34). The van der Waals surface area contributed by atoms with Crippen LogP contribution in [-0.2, 0) is 38.7 Å². The number of fused-ring (bicyclic) bond motifs is 2. The van der Waals surface area contributed by atoms with Gasteiger partial charge in [0.1, 0.15) is 5.69 Å². The van der Waals surface area contributed by atoms with Gasteiger partial charge >= 0.3 is 0 Å². The van der Waals surface area contributed by atoms with Crippen LogP contribution in [0.15, 0.2) is 47.4 Å². The number of aliphatic hydroxyl groups excluding tert-OH is 1. The summed E-state index contributed by atoms with van der Waals surface area (Å²) in [6, 6.07) is 12.4. The molecule has 0 radical (unpaired) electrons. The molecule has 218 valence electrons. The summed E-state index contributed by atoms with van der Waals surface area (Å²) in [4.78, 5) is 32.9. The first-order valence-electron chi connectivity index (χ1n) is 14.6. The van der Waals surface area contributed by atoms with E-state index in [1.165, 1.54) is 17.7 Å². The van der Waals surface area contributed by atoms with Crippen LogP contribution in [0.3, 0.4) is 0 Å². The molecule has 2 N–H and O–H groups in total. The van der Waals surface area contributed by atoms with Crippen molar-refractivity contribution in [1.82, 2.24) is 19.2 Å². The molecule has 42 heavy (non-hydrogen) atoms. The van der Waals surface area contributed by atoms with Crippen molar-refractivity contribution < 1.29 is 9.90 Å². The lowest BCUT2D eigenvalue weighted by Gasteiger charge is -2.27. The molecular weight excluding hydrogens is 548 g/mol. The van der Waals surface area contributed by atoms with Gasteiger partial charge in [-0.25, -0.2) is 0 Å². The van der Waals surface area contributed by atoms with E-state index in [-0.39, 0.29) is 23.5 Å². The molecule has 0 spiro atoms. The Morgan fingerprint density at radius 1 is 1.10 bits per heavy atom. The molecule has 4 aromatic rings. The Labute approximate surface area is 249 Å². The SMILES string of the molecule is Cn1cc(-c2cccc(N3Cc4cc(C(C)(C)C)sc4C3=O)c2CO)cc(Nc2cc3n(n2)CCN(C2CC2)C3)c1=O. The Bertz CT molecular complexity index is 1770. The summed E-state index contributed by atoms with van der Waals surface area (Å²) in [7, 11) is 1.72. The smallest absolute Gasteiger partial charge is 0.274 e. The molecule has 9 nitrogen and oxygen atoms in total. The summed E-state index contributed by atoms with van der Waals surface area (Å²) in [6.07, 6.45) is 4.33. The molecule has 1 aromatic carbocycles. The van der Waals surface area contributed by atoms with Crippen molar-refractivity contribution in [1.29, 1.82) is 0 Å². The molecule has 0 saturated heterocycles. The lowest BCUT2D eigenvalue weighted by Crippen LogP contribution is -2.35. The Hall–Kier alpha value is -3.73. The van der Waals surface area contributed by atoms with Gasteiger partial charge in [-0.15, -0.1) is 11.3 Å². The average Bonchev–Trinajstić information content (AvgIpc) is 3.47. The van der Waals surface area contributed by atoms with Gasteiger partial charge in [0, 0.05) is 54.4 Å². The number of nitrogens with zero attached hydrogens (tertiary/aromatic N) is 5. The molecule has 1 fully saturated rings. The number of hydrogen-bond acceptors (Lipinski definition) is 7. The molecule has 0 unspecified atom stereocenters. The zero-order chi connectivity index (χ0) is 29.3. The number of carbonyl (C=O) groups excluding carboxylic acids is 1. The van der Waals surface area contributed by atoms with Crippen molar-refractivity contribution in [3.63, 3.8) is 0 Å². The number of hydrogen-bond donors (Lipinski definition) is 2. The Kier molecular flexibility index (Phi) is 6.41. The molecule has 1 saturated carbocycles. The lowest BCUT2D eigenvalue weighted by molar-refractivity contribution is 0.0999. The molecule has 1 amide bonds. The van der Waals surface area contributed by atoms with Crippen LogP contribution in [0.5, 0.6) is 0 Å². The number of thiophene rings is 1. The van der Waals surface area contributed by atoms with Crippen molar-refractivity contribution in [2.75, 3.05) is 16.8 Å². The molecule has 7 rings (SSSR count). The molecule has 10 heteroatoms. The number of rotatable bonds is 6. The predicted molar refractivity (Wildman–Crippen MR) is 166 cm³/mol. The van der Waals surface area contributed by atoms with E-state index < -0.39 is 0 Å². The molecule has 2 aliphatic heterocycles. The molecular formula is C32H36N6O3S. The molecule has 5 heterocycles. The summed E-state index contributed by atoms with van der Waals surface area (Å²) in [5.41, 5.74) is 5.29. The average molecular weight is 585 g/mol. The third kappa shape index (κ3) is 4.67. The number of aryl methyl sites for hydroxylation is 1. The van der Waals surface area contributed by atoms with Crippen molar-refractivity contribution in [3.05, 3.63) is 79.5 Å². The van der Waals surface area contributed by atoms with Crippen molar-refractivity contribution >= 4 is 34.4 Å². The van der Waals surface area contributed by atoms with E-state index in [1.54, 1.807) is 34.0 Å². The largest absolute Gasteiger partial charge is 0.392 e. The highest BCUT2D eigenvalue weighted by atomic mass is 32.1. The van der Waals surface area contributed by atoms with Crippen LogP contribution < -0.4 is 15.8 Å². The van der Waals surface area contributed by atoms with Crippen LogP contribution in [0.1, 0.15) is 65.0 Å². The zero-order valence-corrected chi connectivity index (χ0v) is 25.3. The van der Waals surface area contributed by atoms with E-state index in [9.17, 15) is 14.7 Å². The van der Waals surface area contributed by atoms with Gasteiger partial charge in [0.15, 0.2) is 5.82 Å². The minimum atomic E-state index is -0.243. The van der Waals surface area contributed by atoms with Crippen LogP contribution in [0, 0.1) is 0 Å². The zero-order valence-electron chi connectivity index (χ0n) is 24.5. The Morgan fingerprint density at radius 3 is 2.62 bits per heavy atom. The lowest BCUT2D eigenvalue weighted by atomic mass is 9.94. The van der Waals surface area contributed by atoms with Gasteiger partial charge in [0.05, 0.1) is 36.0 Å². The maximum Gasteiger partial charge on any atom is 0.274 e. The van der Waals surface area contributed by atoms with E-state index in [4.69, 9.17) is 5.10 Å². The third-order valence-corrected chi connectivity index (χ3v) is 10.2. The fourth-order valence-corrected chi connectivity index (χ4v) is 7.29. The van der Waals surface area contributed by atoms with Crippen molar-refractivity contribution in [3.8, 4) is 11.1 Å². The minimum absolute atomic E-state index is 0.0157. The first-order valence-corrected chi connectivity index (χ1v) is 15.4. The van der Waals surface area contributed by atoms with Crippen LogP contribution in [-0.4, -0.2) is 42.8 Å². The van der Waals surface area contributed by atoms with Crippen LogP contribution in [0.2, 0.25) is 0 Å². The van der Waals surface area contributed by atoms with Gasteiger partial charge in [-0.3, -0.25) is 19.2 Å². The van der Waals surface area contributed by atoms with Gasteiger partial charge in [0.25, 0.3) is 11.5 Å². The fourth-order valence-electron chi connectivity index (χ4n) is 6.11. The normalized spacial score (nSPS) is 17.1. The maximum absolute atomic E-state index is 13.5. The van der Waals surface area contributed by atoms with Gasteiger partial charge in [-0.05, 0) is 47.6 Å². The number of anilines is 3. The highest BCUT2D eigenvalue weighted by Gasteiger charge is 2.35. The number of carbonyl (C=O) groups is 1. The topological polar surface area (TPSA) is 95.6 Å². The second-order valence-corrected chi connectivity index (χ2v) is 13.7. The van der Waals surface area contributed by atoms with Gasteiger partial charge in [-0.1, -0.05) is 32.9 Å². The number of amides is 1. The van der Waals surface area contributed by atoms with Crippen LogP contribution in [0.25, 0.3) is 11.1 Å². The summed E-state index contributed by atoms with van der Waals surface area (Å²) in [6.45, 7) is 9.42. The van der Waals surface area contributed by atoms with Gasteiger partial charge in [-0.2, -0.15) is 5.10 Å². The fraction of sp³-hybridized carbons (Fsp3) is 0.406. The van der Waals surface area contributed by atoms with Crippen LogP contribution >= 0.6 is 11.3 Å². The Balaban J connectivity index is 1.20. The second kappa shape index (κ2) is 9.93. The molecule has 1 aliphatic carbocycles. The molecule has 3 aliphatic rings. The summed E-state index contributed by atoms with van der Waals surface area (Å²) >= 11 is 1.56. The highest BCUT2D eigenvalue weighted by Crippen LogP contribution is 2.41. The monoisotopic (exact) mass is 584 g/mol. The van der Waals surface area contributed by atoms with Crippen molar-refractivity contribution in [2.24, 2.45) is 7.05 Å². The summed E-state index contributed by atoms with van der Waals surface area (Å²) in [5.74, 6) is 0.612. The van der Waals surface area contributed by atoms with E-state index >= 15 is 0 Å². The second-order valence-electron chi connectivity index (χ2n) is 12.7. The first kappa shape index (κ1) is 27.1. The van der Waals surface area contributed by atoms with E-state index in [2.05, 4.69) is 37.1 Å². The molecule has 0 atom stereocenters. The maximum atomic E-state index is 13.5. The van der Waals surface area contributed by atoms with Crippen LogP contribution in [0.4, 0.5) is 17.2 Å². The first-order chi connectivity index (χ1) is 20.1. The quantitative estimate of drug-likeness (QED) is 0.332. The Morgan fingerprint density at radius 2 is 1.90 bits per heavy atom. The van der Waals surface area contributed by atoms with E-state index in [1.807, 2.05) is 35.0 Å².